The van der Waals surface area contributed by atoms with E-state index in [0.717, 1.165) is 31.5 Å². The molecule has 1 unspecified atom stereocenters. The maximum Gasteiger partial charge on any atom is 0.143 e. The maximum absolute atomic E-state index is 13.6. The fourth-order valence-electron chi connectivity index (χ4n) is 2.43. The molecule has 2 rings (SSSR count). The monoisotopic (exact) mass is 269 g/mol. The summed E-state index contributed by atoms with van der Waals surface area (Å²) in [6, 6.07) is 3.45. The minimum Gasteiger partial charge on any atom is -0.409 e. The zero-order valence-electron chi connectivity index (χ0n) is 10.5. The van der Waals surface area contributed by atoms with Crippen molar-refractivity contribution in [2.45, 2.75) is 19.4 Å². The van der Waals surface area contributed by atoms with E-state index in [1.165, 1.54) is 6.07 Å². The fraction of sp³-hybridized carbons (Fsp3) is 0.462. The van der Waals surface area contributed by atoms with Gasteiger partial charge in [0.25, 0.3) is 0 Å². The molecule has 0 aromatic heterocycles. The minimum atomic E-state index is -0.443. The summed E-state index contributed by atoms with van der Waals surface area (Å²) >= 11 is 0. The first kappa shape index (κ1) is 13.7. The van der Waals surface area contributed by atoms with E-state index in [1.54, 1.807) is 0 Å². The second-order valence-electron chi connectivity index (χ2n) is 4.83. The Bertz CT molecular complexity index is 479. The predicted octanol–water partition coefficient (Wildman–Crippen LogP) is 1.92. The van der Waals surface area contributed by atoms with Gasteiger partial charge in [-0.25, -0.2) is 8.78 Å². The number of piperidine rings is 1. The number of rotatable bonds is 3. The number of nitrogens with two attached hydrogens (primary N) is 1. The van der Waals surface area contributed by atoms with Crippen molar-refractivity contribution in [1.29, 1.82) is 0 Å². The van der Waals surface area contributed by atoms with Crippen LogP contribution in [0, 0.1) is 17.6 Å². The average Bonchev–Trinajstić information content (AvgIpc) is 2.42. The van der Waals surface area contributed by atoms with Crippen molar-refractivity contribution in [3.8, 4) is 0 Å². The lowest BCUT2D eigenvalue weighted by atomic mass is 9.96. The highest BCUT2D eigenvalue weighted by Gasteiger charge is 2.23. The Kier molecular flexibility index (Phi) is 4.31. The third-order valence-electron chi connectivity index (χ3n) is 3.44. The molecule has 0 aliphatic carbocycles. The third kappa shape index (κ3) is 3.41. The van der Waals surface area contributed by atoms with Crippen molar-refractivity contribution >= 4 is 5.84 Å². The van der Waals surface area contributed by atoms with Crippen molar-refractivity contribution in [1.82, 2.24) is 4.90 Å². The quantitative estimate of drug-likeness (QED) is 0.381. The van der Waals surface area contributed by atoms with Gasteiger partial charge in [-0.15, -0.1) is 0 Å². The molecule has 1 heterocycles. The molecule has 1 atom stereocenters. The van der Waals surface area contributed by atoms with E-state index in [0.29, 0.717) is 18.7 Å². The summed E-state index contributed by atoms with van der Waals surface area (Å²) in [6.45, 7) is 1.72. The first-order valence-electron chi connectivity index (χ1n) is 6.24. The number of hydrogen-bond donors (Lipinski definition) is 2. The largest absolute Gasteiger partial charge is 0.409 e. The molecule has 0 amide bonds. The molecular weight excluding hydrogens is 252 g/mol. The van der Waals surface area contributed by atoms with Gasteiger partial charge < -0.3 is 10.9 Å². The SMILES string of the molecule is NC(=NO)C1CCCN(Cc2cc(F)ccc2F)C1. The molecule has 1 saturated heterocycles. The van der Waals surface area contributed by atoms with Crippen LogP contribution in [0.5, 0.6) is 0 Å². The molecule has 19 heavy (non-hydrogen) atoms. The van der Waals surface area contributed by atoms with Crippen molar-refractivity contribution in [2.75, 3.05) is 13.1 Å². The Hall–Kier alpha value is -1.69. The van der Waals surface area contributed by atoms with Crippen LogP contribution >= 0.6 is 0 Å². The molecular formula is C13H17F2N3O. The van der Waals surface area contributed by atoms with Crippen LogP contribution in [-0.4, -0.2) is 29.0 Å². The minimum absolute atomic E-state index is 0.0321. The van der Waals surface area contributed by atoms with Gasteiger partial charge in [0.1, 0.15) is 17.5 Å². The maximum atomic E-state index is 13.6. The van der Waals surface area contributed by atoms with E-state index in [1.807, 2.05) is 4.90 Å². The highest BCUT2D eigenvalue weighted by atomic mass is 19.1. The summed E-state index contributed by atoms with van der Waals surface area (Å²) in [4.78, 5) is 1.99. The molecule has 4 nitrogen and oxygen atoms in total. The summed E-state index contributed by atoms with van der Waals surface area (Å²) < 4.78 is 26.7. The van der Waals surface area contributed by atoms with Crippen molar-refractivity contribution in [3.05, 3.63) is 35.4 Å². The lowest BCUT2D eigenvalue weighted by Gasteiger charge is -2.32. The van der Waals surface area contributed by atoms with E-state index in [2.05, 4.69) is 5.16 Å². The summed E-state index contributed by atoms with van der Waals surface area (Å²) in [5, 5.41) is 11.7. The normalized spacial score (nSPS) is 21.6. The first-order valence-corrected chi connectivity index (χ1v) is 6.24. The molecule has 1 aromatic carbocycles. The molecule has 0 spiro atoms. The van der Waals surface area contributed by atoms with Gasteiger partial charge in [-0.1, -0.05) is 5.16 Å². The van der Waals surface area contributed by atoms with Gasteiger partial charge in [0.05, 0.1) is 0 Å². The number of nitrogens with zero attached hydrogens (tertiary/aromatic N) is 2. The molecule has 3 N–H and O–H groups in total. The molecule has 1 aromatic rings. The second-order valence-corrected chi connectivity index (χ2v) is 4.83. The van der Waals surface area contributed by atoms with Crippen molar-refractivity contribution < 1.29 is 14.0 Å². The van der Waals surface area contributed by atoms with Gasteiger partial charge in [-0.2, -0.15) is 0 Å². The summed E-state index contributed by atoms with van der Waals surface area (Å²) in [5.74, 6) is -0.687. The summed E-state index contributed by atoms with van der Waals surface area (Å²) in [5.41, 5.74) is 5.93. The lowest BCUT2D eigenvalue weighted by Crippen LogP contribution is -2.40. The Balaban J connectivity index is 2.04. The van der Waals surface area contributed by atoms with Crippen LogP contribution in [0.3, 0.4) is 0 Å². The Morgan fingerprint density at radius 3 is 3.00 bits per heavy atom. The number of likely N-dealkylation sites (tertiary alicyclic amines) is 1. The zero-order chi connectivity index (χ0) is 13.8. The Labute approximate surface area is 110 Å². The van der Waals surface area contributed by atoms with Crippen LogP contribution in [0.2, 0.25) is 0 Å². The van der Waals surface area contributed by atoms with Crippen molar-refractivity contribution in [3.63, 3.8) is 0 Å². The third-order valence-corrected chi connectivity index (χ3v) is 3.44. The van der Waals surface area contributed by atoms with Gasteiger partial charge in [0, 0.05) is 24.6 Å². The molecule has 0 radical (unpaired) electrons. The summed E-state index contributed by atoms with van der Waals surface area (Å²) in [7, 11) is 0. The van der Waals surface area contributed by atoms with Crippen LogP contribution in [0.4, 0.5) is 8.78 Å². The molecule has 0 bridgehead atoms. The van der Waals surface area contributed by atoms with Gasteiger partial charge in [0.2, 0.25) is 0 Å². The second kappa shape index (κ2) is 5.97. The van der Waals surface area contributed by atoms with E-state index in [9.17, 15) is 8.78 Å². The van der Waals surface area contributed by atoms with E-state index in [4.69, 9.17) is 10.9 Å². The Morgan fingerprint density at radius 1 is 1.47 bits per heavy atom. The smallest absolute Gasteiger partial charge is 0.143 e. The van der Waals surface area contributed by atoms with Gasteiger partial charge in [-0.05, 0) is 37.6 Å². The molecule has 1 aliphatic rings. The van der Waals surface area contributed by atoms with Gasteiger partial charge >= 0.3 is 0 Å². The Morgan fingerprint density at radius 2 is 2.26 bits per heavy atom. The van der Waals surface area contributed by atoms with E-state index in [-0.39, 0.29) is 11.8 Å². The van der Waals surface area contributed by atoms with Crippen LogP contribution < -0.4 is 5.73 Å². The number of amidine groups is 1. The topological polar surface area (TPSA) is 61.9 Å². The number of benzene rings is 1. The van der Waals surface area contributed by atoms with E-state index < -0.39 is 11.6 Å². The molecule has 1 fully saturated rings. The summed E-state index contributed by atoms with van der Waals surface area (Å²) in [6.07, 6.45) is 1.73. The lowest BCUT2D eigenvalue weighted by molar-refractivity contribution is 0.190. The van der Waals surface area contributed by atoms with Gasteiger partial charge in [-0.3, -0.25) is 4.90 Å². The molecule has 104 valence electrons. The average molecular weight is 269 g/mol. The molecule has 6 heteroatoms. The highest BCUT2D eigenvalue weighted by molar-refractivity contribution is 5.82. The fourth-order valence-corrected chi connectivity index (χ4v) is 2.43. The first-order chi connectivity index (χ1) is 9.10. The predicted molar refractivity (Wildman–Crippen MR) is 67.8 cm³/mol. The van der Waals surface area contributed by atoms with Crippen molar-refractivity contribution in [2.24, 2.45) is 16.8 Å². The van der Waals surface area contributed by atoms with E-state index >= 15 is 0 Å². The number of halogens is 2. The number of hydrogen-bond acceptors (Lipinski definition) is 3. The highest BCUT2D eigenvalue weighted by Crippen LogP contribution is 2.20. The molecule has 0 saturated carbocycles. The van der Waals surface area contributed by atoms with Crippen LogP contribution in [0.1, 0.15) is 18.4 Å². The zero-order valence-corrected chi connectivity index (χ0v) is 10.5. The van der Waals surface area contributed by atoms with Crippen LogP contribution in [0.15, 0.2) is 23.4 Å². The molecule has 1 aliphatic heterocycles. The standard InChI is InChI=1S/C13H17F2N3O/c14-11-3-4-12(15)10(6-11)8-18-5-1-2-9(7-18)13(16)17-19/h3-4,6,9,19H,1-2,5,7-8H2,(H2,16,17). The number of oxime groups is 1. The van der Waals surface area contributed by atoms with Crippen LogP contribution in [0.25, 0.3) is 0 Å². The van der Waals surface area contributed by atoms with Crippen LogP contribution in [-0.2, 0) is 6.54 Å². The van der Waals surface area contributed by atoms with Gasteiger partial charge in [0.15, 0.2) is 0 Å².